The van der Waals surface area contributed by atoms with E-state index in [2.05, 4.69) is 5.32 Å². The lowest BCUT2D eigenvalue weighted by molar-refractivity contribution is -0.143. The van der Waals surface area contributed by atoms with Crippen molar-refractivity contribution in [1.82, 2.24) is 4.90 Å². The normalized spacial score (nSPS) is 14.8. The number of carbonyl (C=O) groups excluding carboxylic acids is 3. The van der Waals surface area contributed by atoms with E-state index in [4.69, 9.17) is 25.2 Å². The maximum Gasteiger partial charge on any atom is 0.519 e. The van der Waals surface area contributed by atoms with E-state index < -0.39 is 36.5 Å². The van der Waals surface area contributed by atoms with E-state index in [9.17, 15) is 29.1 Å². The Morgan fingerprint density at radius 3 is 2.44 bits per heavy atom. The van der Waals surface area contributed by atoms with Gasteiger partial charge in [-0.1, -0.05) is 29.8 Å². The Hall–Kier alpha value is -5.36. The molecule has 0 aliphatic carbocycles. The summed E-state index contributed by atoms with van der Waals surface area (Å²) in [4.78, 5) is 66.6. The van der Waals surface area contributed by atoms with Crippen LogP contribution < -0.4 is 16.0 Å². The van der Waals surface area contributed by atoms with Gasteiger partial charge in [-0.25, -0.2) is 14.4 Å². The molecule has 2 unspecified atom stereocenters. The largest absolute Gasteiger partial charge is 0.519 e. The highest BCUT2D eigenvalue weighted by Crippen LogP contribution is 2.40. The molecule has 0 bridgehead atoms. The summed E-state index contributed by atoms with van der Waals surface area (Å²) >= 11 is 6.40. The summed E-state index contributed by atoms with van der Waals surface area (Å²) in [6.45, 7) is 4.94. The summed E-state index contributed by atoms with van der Waals surface area (Å²) in [5, 5.41) is 13.6. The first kappa shape index (κ1) is 34.0. The van der Waals surface area contributed by atoms with E-state index in [1.165, 1.54) is 14.0 Å². The van der Waals surface area contributed by atoms with Gasteiger partial charge in [-0.15, -0.1) is 0 Å². The molecule has 48 heavy (non-hydrogen) atoms. The molecule has 0 saturated carbocycles. The number of fused-ring (bicyclic) bond motifs is 1. The number of carbonyl (C=O) groups is 4. The Bertz CT molecular complexity index is 1950. The van der Waals surface area contributed by atoms with E-state index in [0.29, 0.717) is 51.5 Å². The predicted octanol–water partition coefficient (Wildman–Crippen LogP) is 6.31. The second kappa shape index (κ2) is 14.2. The number of halogens is 1. The van der Waals surface area contributed by atoms with E-state index >= 15 is 0 Å². The zero-order valence-electron chi connectivity index (χ0n) is 26.7. The molecule has 2 N–H and O–H groups in total. The molecular weight excluding hydrogens is 642 g/mol. The standard InChI is InChI=1S/C35H34ClN3O9/c1-19-8-5-6-9-24(19)31(40)37-23-12-13-25(20(2)16-23)32(41)39-15-7-10-26(27-17-22(36)11-14-28(27)39)30(33(42)43)38(4)34(44)46-18-29-21(3)47-35(45)48-29/h5-6,8-9,11-14,16-17,26,30H,7,10,15,18H2,1-4H3,(H,37,40)(H,42,43). The Morgan fingerprint density at radius 2 is 1.77 bits per heavy atom. The molecule has 0 radical (unpaired) electrons. The Balaban J connectivity index is 1.40. The molecule has 12 nitrogen and oxygen atoms in total. The Kier molecular flexibility index (Phi) is 10.0. The van der Waals surface area contributed by atoms with Crippen LogP contribution in [0, 0.1) is 20.8 Å². The highest BCUT2D eigenvalue weighted by molar-refractivity contribution is 6.30. The summed E-state index contributed by atoms with van der Waals surface area (Å²) in [6, 6.07) is 15.8. The molecule has 2 atom stereocenters. The minimum Gasteiger partial charge on any atom is -0.480 e. The highest BCUT2D eigenvalue weighted by atomic mass is 35.5. The first-order valence-electron chi connectivity index (χ1n) is 15.2. The van der Waals surface area contributed by atoms with Gasteiger partial charge in [0.2, 0.25) is 0 Å². The van der Waals surface area contributed by atoms with Gasteiger partial charge in [-0.2, -0.15) is 0 Å². The van der Waals surface area contributed by atoms with Crippen LogP contribution in [0.25, 0.3) is 0 Å². The van der Waals surface area contributed by atoms with Crippen LogP contribution in [0.1, 0.15) is 67.7 Å². The highest BCUT2D eigenvalue weighted by Gasteiger charge is 2.40. The summed E-state index contributed by atoms with van der Waals surface area (Å²) in [7, 11) is 1.31. The number of amides is 3. The smallest absolute Gasteiger partial charge is 0.480 e. The number of hydrogen-bond acceptors (Lipinski definition) is 8. The average Bonchev–Trinajstić information content (AvgIpc) is 3.25. The summed E-state index contributed by atoms with van der Waals surface area (Å²) < 4.78 is 14.9. The SMILES string of the molecule is Cc1ccccc1C(=O)Nc1ccc(C(=O)N2CCCC(C(C(=O)O)N(C)C(=O)OCc3oc(=O)oc3C)c3cc(Cl)ccc32)c(C)c1. The van der Waals surface area contributed by atoms with Crippen LogP contribution in [0.4, 0.5) is 16.2 Å². The molecule has 2 heterocycles. The number of anilines is 2. The van der Waals surface area contributed by atoms with E-state index in [1.54, 1.807) is 60.4 Å². The lowest BCUT2D eigenvalue weighted by Crippen LogP contribution is -2.46. The maximum atomic E-state index is 14.1. The van der Waals surface area contributed by atoms with Crippen LogP contribution in [-0.4, -0.2) is 53.5 Å². The van der Waals surface area contributed by atoms with Crippen molar-refractivity contribution in [3.8, 4) is 0 Å². The second-order valence-electron chi connectivity index (χ2n) is 11.6. The van der Waals surface area contributed by atoms with Crippen molar-refractivity contribution in [3.63, 3.8) is 0 Å². The molecule has 1 aliphatic heterocycles. The zero-order chi connectivity index (χ0) is 34.7. The quantitative estimate of drug-likeness (QED) is 0.218. The molecule has 13 heteroatoms. The molecule has 3 amide bonds. The van der Waals surface area contributed by atoms with Gasteiger partial charge in [-0.05, 0) is 92.8 Å². The van der Waals surface area contributed by atoms with Crippen molar-refractivity contribution in [2.45, 2.75) is 52.2 Å². The van der Waals surface area contributed by atoms with E-state index in [-0.39, 0.29) is 29.9 Å². The van der Waals surface area contributed by atoms with Crippen molar-refractivity contribution in [1.29, 1.82) is 0 Å². The number of carboxylic acid groups (broad SMARTS) is 1. The number of aryl methyl sites for hydroxylation is 3. The minimum absolute atomic E-state index is 0.00590. The fraction of sp³-hybridized carbons (Fsp3) is 0.286. The van der Waals surface area contributed by atoms with Gasteiger partial charge in [0.25, 0.3) is 11.8 Å². The van der Waals surface area contributed by atoms with Crippen molar-refractivity contribution in [2.24, 2.45) is 0 Å². The van der Waals surface area contributed by atoms with Gasteiger partial charge in [-0.3, -0.25) is 14.5 Å². The Labute approximate surface area is 280 Å². The topological polar surface area (TPSA) is 160 Å². The third-order valence-corrected chi connectivity index (χ3v) is 8.66. The summed E-state index contributed by atoms with van der Waals surface area (Å²) in [5.74, 6) is -3.43. The molecule has 4 aromatic rings. The van der Waals surface area contributed by atoms with Gasteiger partial charge >= 0.3 is 17.9 Å². The summed E-state index contributed by atoms with van der Waals surface area (Å²) in [5.41, 5.74) is 3.90. The number of likely N-dealkylation sites (N-methyl/N-ethyl adjacent to an activating group) is 1. The van der Waals surface area contributed by atoms with Crippen molar-refractivity contribution < 1.29 is 37.9 Å². The van der Waals surface area contributed by atoms with Crippen molar-refractivity contribution in [3.05, 3.63) is 116 Å². The first-order valence-corrected chi connectivity index (χ1v) is 15.5. The van der Waals surface area contributed by atoms with Gasteiger partial charge in [0.05, 0.1) is 0 Å². The van der Waals surface area contributed by atoms with Crippen LogP contribution in [0.3, 0.4) is 0 Å². The number of benzene rings is 3. The number of aliphatic carboxylic acids is 1. The van der Waals surface area contributed by atoms with Gasteiger partial charge in [0.15, 0.2) is 18.1 Å². The third kappa shape index (κ3) is 7.13. The molecule has 0 saturated heterocycles. The molecule has 0 fully saturated rings. The predicted molar refractivity (Wildman–Crippen MR) is 177 cm³/mol. The molecular formula is C35H34ClN3O9. The van der Waals surface area contributed by atoms with Crippen LogP contribution in [-0.2, 0) is 16.1 Å². The van der Waals surface area contributed by atoms with E-state index in [0.717, 1.165) is 10.5 Å². The number of hydrogen-bond donors (Lipinski definition) is 2. The zero-order valence-corrected chi connectivity index (χ0v) is 27.5. The minimum atomic E-state index is -1.39. The van der Waals surface area contributed by atoms with Crippen LogP contribution in [0.15, 0.2) is 74.3 Å². The second-order valence-corrected chi connectivity index (χ2v) is 12.0. The lowest BCUT2D eigenvalue weighted by atomic mass is 9.86. The average molecular weight is 676 g/mol. The van der Waals surface area contributed by atoms with E-state index in [1.807, 2.05) is 19.1 Å². The number of carboxylic acids is 1. The number of rotatable bonds is 8. The monoisotopic (exact) mass is 675 g/mol. The van der Waals surface area contributed by atoms with Crippen molar-refractivity contribution >= 4 is 46.9 Å². The molecule has 3 aromatic carbocycles. The summed E-state index contributed by atoms with van der Waals surface area (Å²) in [6.07, 6.45) is -0.237. The maximum absolute atomic E-state index is 14.1. The third-order valence-electron chi connectivity index (χ3n) is 8.43. The van der Waals surface area contributed by atoms with Crippen molar-refractivity contribution in [2.75, 3.05) is 23.8 Å². The van der Waals surface area contributed by atoms with Crippen LogP contribution in [0.5, 0.6) is 0 Å². The van der Waals surface area contributed by atoms with Gasteiger partial charge in [0, 0.05) is 47.0 Å². The fourth-order valence-electron chi connectivity index (χ4n) is 5.96. The van der Waals surface area contributed by atoms with Crippen LogP contribution >= 0.6 is 11.6 Å². The van der Waals surface area contributed by atoms with Gasteiger partial charge in [0.1, 0.15) is 6.04 Å². The Morgan fingerprint density at radius 1 is 1.02 bits per heavy atom. The number of nitrogens with one attached hydrogen (secondary N) is 1. The lowest BCUT2D eigenvalue weighted by Gasteiger charge is -2.32. The van der Waals surface area contributed by atoms with Crippen LogP contribution in [0.2, 0.25) is 5.02 Å². The molecule has 5 rings (SSSR count). The molecule has 1 aliphatic rings. The number of nitrogens with zero attached hydrogens (tertiary/aromatic N) is 2. The fourth-order valence-corrected chi connectivity index (χ4v) is 6.14. The molecule has 250 valence electrons. The molecule has 0 spiro atoms. The molecule has 1 aromatic heterocycles. The number of ether oxygens (including phenoxy) is 1. The first-order chi connectivity index (χ1) is 22.8. The van der Waals surface area contributed by atoms with Gasteiger partial charge < -0.3 is 28.9 Å².